The van der Waals surface area contributed by atoms with Crippen LogP contribution in [0.1, 0.15) is 83.2 Å². The van der Waals surface area contributed by atoms with E-state index < -0.39 is 81.2 Å². The second-order valence-electron chi connectivity index (χ2n) is 22.5. The third-order valence-corrected chi connectivity index (χ3v) is 18.2. The van der Waals surface area contributed by atoms with Crippen LogP contribution in [0.15, 0.2) is 220 Å². The van der Waals surface area contributed by atoms with Crippen molar-refractivity contribution in [1.29, 1.82) is 0 Å². The lowest BCUT2D eigenvalue weighted by atomic mass is 9.81. The maximum atomic E-state index is 14.7. The number of benzene rings is 4. The van der Waals surface area contributed by atoms with E-state index in [1.165, 1.54) is 38.6 Å². The second kappa shape index (κ2) is 24.2. The lowest BCUT2D eigenvalue weighted by Gasteiger charge is -2.28. The number of rotatable bonds is 20. The average Bonchev–Trinajstić information content (AvgIpc) is 1.63. The number of carbonyl (C=O) groups excluding carboxylic acids is 2. The molecule has 0 atom stereocenters. The monoisotopic (exact) mass is 1260 g/mol. The normalized spacial score (nSPS) is 17.5. The van der Waals surface area contributed by atoms with Gasteiger partial charge in [0.05, 0.1) is 50.0 Å². The Hall–Kier alpha value is -9.47. The van der Waals surface area contributed by atoms with Gasteiger partial charge in [-0.2, -0.15) is 0 Å². The van der Waals surface area contributed by atoms with E-state index in [4.69, 9.17) is 9.59 Å². The molecule has 0 fully saturated rings. The van der Waals surface area contributed by atoms with Gasteiger partial charge in [-0.25, -0.2) is 31.7 Å². The van der Waals surface area contributed by atoms with Crippen LogP contribution in [0.5, 0.6) is 0 Å². The molecule has 0 unspecified atom stereocenters. The van der Waals surface area contributed by atoms with Crippen LogP contribution in [0.2, 0.25) is 0 Å². The summed E-state index contributed by atoms with van der Waals surface area (Å²) in [5.74, 6) is -4.97. The largest absolute Gasteiger partial charge is 0.744 e. The van der Waals surface area contributed by atoms with Gasteiger partial charge >= 0.3 is 29.2 Å². The highest BCUT2D eigenvalue weighted by molar-refractivity contribution is 7.94. The smallest absolute Gasteiger partial charge is 0.410 e. The molecule has 4 aromatic carbocycles. The van der Waals surface area contributed by atoms with Gasteiger partial charge in [-0.1, -0.05) is 88.1 Å². The fourth-order valence-electron chi connectivity index (χ4n) is 11.6. The molecule has 0 aliphatic carbocycles. The van der Waals surface area contributed by atoms with Crippen molar-refractivity contribution in [3.8, 4) is 0 Å². The number of anilines is 2. The Kier molecular flexibility index (Phi) is 17.8. The minimum Gasteiger partial charge on any atom is -0.744 e. The molecule has 4 N–H and O–H groups in total. The first-order valence-electron chi connectivity index (χ1n) is 26.8. The summed E-state index contributed by atoms with van der Waals surface area (Å²) in [6, 6.07) is 17.6. The summed E-state index contributed by atoms with van der Waals surface area (Å²) in [6.07, 6.45) is 13.1. The molecule has 4 heterocycles. The molecule has 89 heavy (non-hydrogen) atoms. The van der Waals surface area contributed by atoms with Crippen LogP contribution in [0, 0.1) is 0 Å². The summed E-state index contributed by atoms with van der Waals surface area (Å²) in [4.78, 5) is 54.9. The Morgan fingerprint density at radius 2 is 1.09 bits per heavy atom. The van der Waals surface area contributed by atoms with Gasteiger partial charge < -0.3 is 44.3 Å². The fraction of sp³-hybridized carbons (Fsp3) is 0.200. The lowest BCUT2D eigenvalue weighted by Crippen LogP contribution is -2.35. The van der Waals surface area contributed by atoms with Gasteiger partial charge in [-0.05, 0) is 130 Å². The van der Waals surface area contributed by atoms with E-state index in [-0.39, 0.29) is 35.0 Å². The Morgan fingerprint density at radius 3 is 1.61 bits per heavy atom. The topological polar surface area (TPSA) is 309 Å². The molecule has 0 spiro atoms. The number of aliphatic carboxylic acids is 3. The van der Waals surface area contributed by atoms with Gasteiger partial charge in [0.25, 0.3) is 0 Å². The van der Waals surface area contributed by atoms with E-state index in [2.05, 4.69) is 59.6 Å². The molecule has 4 aliphatic rings. The van der Waals surface area contributed by atoms with Gasteiger partial charge in [-0.3, -0.25) is 4.79 Å². The van der Waals surface area contributed by atoms with E-state index in [1.54, 1.807) is 111 Å². The van der Waals surface area contributed by atoms with Crippen molar-refractivity contribution < 1.29 is 84.2 Å². The van der Waals surface area contributed by atoms with Crippen LogP contribution in [0.25, 0.3) is 0 Å². The standard InChI is InChI=1S/C65H59N5O16S3/c1-13-46(67-51-30-26-39(87-86-85-78)34-43(51)63(7,8)54(67)21-18-17-19-22-55-64(9,10)44-35-40(88(79,80)81)27-31-52(44)69(55)48(15-3)60(74)75)58(71)66-37-38-25-29-50-42(33-38)62(5,6)56(68(50)47(14-2)59(72)73)23-20-24-57-65(11,12)45-36-41(89(82,83)84)28-32-53(45)70(57)49(16-4)61(76)77/h17-36H,1-4,37H2,5-12H3,(H5-2,66,71,72,73,74,75,76,77,78,79,80,81,82,83,84)/p-1. The van der Waals surface area contributed by atoms with Crippen LogP contribution >= 0.6 is 12.0 Å². The Labute approximate surface area is 517 Å². The van der Waals surface area contributed by atoms with Crippen LogP contribution in [-0.2, 0) is 77.0 Å². The number of nitrogens with zero attached hydrogens (tertiary/aromatic N) is 4. The zero-order chi connectivity index (χ0) is 65.7. The van der Waals surface area contributed by atoms with Crippen molar-refractivity contribution in [3.05, 3.63) is 233 Å². The number of carbonyl (C=O) groups is 4. The maximum absolute atomic E-state index is 14.7. The summed E-state index contributed by atoms with van der Waals surface area (Å²) >= 11 is 0.732. The average molecular weight is 1260 g/mol. The molecule has 21 nitrogen and oxygen atoms in total. The fourth-order valence-corrected chi connectivity index (χ4v) is 13.0. The molecular weight excluding hydrogens is 1200 g/mol. The number of carboxylic acid groups (broad SMARTS) is 3. The van der Waals surface area contributed by atoms with E-state index in [9.17, 15) is 60.4 Å². The highest BCUT2D eigenvalue weighted by Crippen LogP contribution is 2.52. The van der Waals surface area contributed by atoms with Crippen LogP contribution in [0.3, 0.4) is 0 Å². The van der Waals surface area contributed by atoms with Crippen molar-refractivity contribution in [2.75, 3.05) is 9.80 Å². The number of amides is 1. The molecule has 0 saturated carbocycles. The van der Waals surface area contributed by atoms with Gasteiger partial charge in [0.1, 0.15) is 25.9 Å². The number of carboxylic acids is 3. The quantitative estimate of drug-likeness (QED) is 0.00940. The zero-order valence-electron chi connectivity index (χ0n) is 49.2. The first-order valence-corrected chi connectivity index (χ1v) is 30.3. The molecule has 0 bridgehead atoms. The highest BCUT2D eigenvalue weighted by Gasteiger charge is 2.50. The third-order valence-electron chi connectivity index (χ3n) is 16.0. The second-order valence-corrected chi connectivity index (χ2v) is 26.1. The highest BCUT2D eigenvalue weighted by atomic mass is 32.2. The summed E-state index contributed by atoms with van der Waals surface area (Å²) in [5.41, 5.74) is 10.8. The summed E-state index contributed by atoms with van der Waals surface area (Å²) in [7, 11) is -9.79. The molecule has 4 aliphatic heterocycles. The predicted molar refractivity (Wildman–Crippen MR) is 326 cm³/mol. The Balaban J connectivity index is 1.14. The SMILES string of the molecule is C=C=C(C(=O)[O-])N1/C(=C/C=C/C=C/C2=[N+](C(=C=C)C(=O)NCc3ccc4c(c3)C(C)(C)/C(=C\C=C\C3=[N+](C(=C=C)C(=O)O)c5ccc(S(=O)(=O)[O-])cc5C3(C)C)N4C(=C=C)C(=O)O)c3ccc(SOOO)cc3C2(C)C)C(C)(C)c2cc(S(=O)(=O)[O-])ccc21. The van der Waals surface area contributed by atoms with Crippen molar-refractivity contribution in [1.82, 2.24) is 5.32 Å². The van der Waals surface area contributed by atoms with E-state index in [0.29, 0.717) is 66.9 Å². The maximum Gasteiger partial charge on any atom is 0.410 e. The molecule has 4 aromatic rings. The van der Waals surface area contributed by atoms with Crippen molar-refractivity contribution in [2.45, 2.75) is 98.3 Å². The van der Waals surface area contributed by atoms with Crippen LogP contribution < -0.4 is 20.2 Å². The molecule has 8 rings (SSSR count). The van der Waals surface area contributed by atoms with Gasteiger partial charge in [-0.15, -0.1) is 19.2 Å². The van der Waals surface area contributed by atoms with E-state index >= 15 is 0 Å². The third kappa shape index (κ3) is 11.8. The van der Waals surface area contributed by atoms with Crippen molar-refractivity contribution in [3.63, 3.8) is 0 Å². The number of hydrogen-bond donors (Lipinski definition) is 4. The molecule has 0 saturated heterocycles. The minimum atomic E-state index is -4.91. The summed E-state index contributed by atoms with van der Waals surface area (Å²) < 4.78 is 80.3. The Bertz CT molecular complexity index is 4510. The van der Waals surface area contributed by atoms with Crippen LogP contribution in [-0.4, -0.2) is 85.8 Å². The zero-order valence-corrected chi connectivity index (χ0v) is 51.7. The van der Waals surface area contributed by atoms with Crippen LogP contribution in [0.4, 0.5) is 22.7 Å². The molecule has 458 valence electrons. The van der Waals surface area contributed by atoms with E-state index in [0.717, 1.165) is 24.2 Å². The number of allylic oxidation sites excluding steroid dienone is 10. The molecular formula is C65H58N5O16S3-. The lowest BCUT2D eigenvalue weighted by molar-refractivity contribution is -0.432. The molecule has 0 aromatic heterocycles. The van der Waals surface area contributed by atoms with Gasteiger partial charge in [0.2, 0.25) is 11.4 Å². The van der Waals surface area contributed by atoms with Crippen molar-refractivity contribution in [2.24, 2.45) is 0 Å². The van der Waals surface area contributed by atoms with Gasteiger partial charge in [0.15, 0.2) is 17.1 Å². The molecule has 1 amide bonds. The Morgan fingerprint density at radius 1 is 0.607 bits per heavy atom. The minimum absolute atomic E-state index is 0.0173. The molecule has 0 radical (unpaired) electrons. The summed E-state index contributed by atoms with van der Waals surface area (Å²) in [5, 5.41) is 48.9. The number of nitrogens with one attached hydrogen (secondary N) is 1. The molecule has 24 heteroatoms. The summed E-state index contributed by atoms with van der Waals surface area (Å²) in [6.45, 7) is 29.0. The number of fused-ring (bicyclic) bond motifs is 4. The first kappa shape index (κ1) is 65.5. The van der Waals surface area contributed by atoms with E-state index in [1.807, 2.05) is 33.8 Å². The first-order chi connectivity index (χ1) is 41.7. The van der Waals surface area contributed by atoms with Crippen molar-refractivity contribution >= 4 is 90.3 Å². The number of hydrogen-bond acceptors (Lipinski definition) is 17. The van der Waals surface area contributed by atoms with Gasteiger partial charge in [0, 0.05) is 69.1 Å². The predicted octanol–water partition coefficient (Wildman–Crippen LogP) is 8.62.